The van der Waals surface area contributed by atoms with Crippen molar-refractivity contribution >= 4 is 17.8 Å². The molecule has 0 saturated heterocycles. The van der Waals surface area contributed by atoms with Crippen LogP contribution in [0, 0.1) is 6.92 Å². The van der Waals surface area contributed by atoms with E-state index >= 15 is 0 Å². The van der Waals surface area contributed by atoms with Crippen molar-refractivity contribution in [2.45, 2.75) is 20.3 Å². The average molecular weight is 340 g/mol. The quantitative estimate of drug-likeness (QED) is 0.647. The molecule has 2 aromatic carbocycles. The SMILES string of the molecule is CCOC(=O)NNC(=O)c1ccccc1CC(=O)c1ccc(C)cc1. The third kappa shape index (κ3) is 5.17. The maximum Gasteiger partial charge on any atom is 0.426 e. The molecule has 0 aromatic heterocycles. The molecular weight excluding hydrogens is 320 g/mol. The molecule has 2 rings (SSSR count). The van der Waals surface area contributed by atoms with Crippen LogP contribution in [-0.4, -0.2) is 24.4 Å². The number of hydrazine groups is 1. The molecule has 6 heteroatoms. The first kappa shape index (κ1) is 18.2. The summed E-state index contributed by atoms with van der Waals surface area (Å²) < 4.78 is 4.67. The monoisotopic (exact) mass is 340 g/mol. The van der Waals surface area contributed by atoms with E-state index in [-0.39, 0.29) is 18.8 Å². The van der Waals surface area contributed by atoms with E-state index in [1.54, 1.807) is 43.3 Å². The van der Waals surface area contributed by atoms with Crippen molar-refractivity contribution in [2.75, 3.05) is 6.61 Å². The predicted molar refractivity (Wildman–Crippen MR) is 93.3 cm³/mol. The van der Waals surface area contributed by atoms with Gasteiger partial charge in [0.25, 0.3) is 5.91 Å². The van der Waals surface area contributed by atoms with Crippen molar-refractivity contribution in [1.82, 2.24) is 10.9 Å². The maximum atomic E-state index is 12.4. The number of carbonyl (C=O) groups is 3. The summed E-state index contributed by atoms with van der Waals surface area (Å²) in [6.07, 6.45) is -0.657. The van der Waals surface area contributed by atoms with Gasteiger partial charge in [-0.3, -0.25) is 15.0 Å². The van der Waals surface area contributed by atoms with Crippen LogP contribution in [0.25, 0.3) is 0 Å². The number of nitrogens with one attached hydrogen (secondary N) is 2. The first-order valence-electron chi connectivity index (χ1n) is 7.92. The molecule has 0 atom stereocenters. The van der Waals surface area contributed by atoms with Crippen molar-refractivity contribution in [2.24, 2.45) is 0 Å². The van der Waals surface area contributed by atoms with Crippen LogP contribution < -0.4 is 10.9 Å². The molecule has 2 amide bonds. The first-order chi connectivity index (χ1) is 12.0. The second-order valence-electron chi connectivity index (χ2n) is 5.42. The summed E-state index contributed by atoms with van der Waals surface area (Å²) in [6, 6.07) is 14.0. The standard InChI is InChI=1S/C19H20N2O4/c1-3-25-19(24)21-20-18(23)16-7-5-4-6-15(16)12-17(22)14-10-8-13(2)9-11-14/h4-11H,3,12H2,1-2H3,(H,20,23)(H,21,24). The smallest absolute Gasteiger partial charge is 0.426 e. The molecule has 0 spiro atoms. The van der Waals surface area contributed by atoms with E-state index in [2.05, 4.69) is 15.6 Å². The van der Waals surface area contributed by atoms with Gasteiger partial charge < -0.3 is 4.74 Å². The first-order valence-corrected chi connectivity index (χ1v) is 7.92. The average Bonchev–Trinajstić information content (AvgIpc) is 2.61. The highest BCUT2D eigenvalue weighted by Gasteiger charge is 2.15. The number of benzene rings is 2. The molecule has 2 N–H and O–H groups in total. The fourth-order valence-corrected chi connectivity index (χ4v) is 2.25. The van der Waals surface area contributed by atoms with E-state index in [9.17, 15) is 14.4 Å². The highest BCUT2D eigenvalue weighted by atomic mass is 16.5. The molecule has 0 fully saturated rings. The molecule has 6 nitrogen and oxygen atoms in total. The lowest BCUT2D eigenvalue weighted by atomic mass is 9.98. The molecule has 0 unspecified atom stereocenters. The number of aryl methyl sites for hydroxylation is 1. The molecule has 0 bridgehead atoms. The molecule has 0 aliphatic heterocycles. The second-order valence-corrected chi connectivity index (χ2v) is 5.42. The van der Waals surface area contributed by atoms with Gasteiger partial charge >= 0.3 is 6.09 Å². The summed E-state index contributed by atoms with van der Waals surface area (Å²) in [4.78, 5) is 35.9. The van der Waals surface area contributed by atoms with Crippen molar-refractivity contribution in [1.29, 1.82) is 0 Å². The normalized spacial score (nSPS) is 10.0. The van der Waals surface area contributed by atoms with Gasteiger partial charge in [-0.2, -0.15) is 0 Å². The van der Waals surface area contributed by atoms with Gasteiger partial charge in [0, 0.05) is 17.5 Å². The summed E-state index contributed by atoms with van der Waals surface area (Å²) in [5.41, 5.74) is 6.98. The Morgan fingerprint density at radius 3 is 2.32 bits per heavy atom. The fourth-order valence-electron chi connectivity index (χ4n) is 2.25. The van der Waals surface area contributed by atoms with Gasteiger partial charge in [-0.1, -0.05) is 48.0 Å². The van der Waals surface area contributed by atoms with Crippen LogP contribution in [0.15, 0.2) is 48.5 Å². The maximum absolute atomic E-state index is 12.4. The summed E-state index contributed by atoms with van der Waals surface area (Å²) in [5, 5.41) is 0. The third-order valence-electron chi connectivity index (χ3n) is 3.54. The highest BCUT2D eigenvalue weighted by molar-refractivity contribution is 6.01. The lowest BCUT2D eigenvalue weighted by molar-refractivity contribution is 0.0911. The number of hydrogen-bond donors (Lipinski definition) is 2. The van der Waals surface area contributed by atoms with Crippen LogP contribution in [0.4, 0.5) is 4.79 Å². The molecule has 0 aliphatic rings. The minimum atomic E-state index is -0.746. The number of ketones is 1. The van der Waals surface area contributed by atoms with Gasteiger partial charge in [0.15, 0.2) is 5.78 Å². The molecule has 130 valence electrons. The summed E-state index contributed by atoms with van der Waals surface area (Å²) >= 11 is 0. The summed E-state index contributed by atoms with van der Waals surface area (Å²) in [7, 11) is 0. The minimum Gasteiger partial charge on any atom is -0.449 e. The lowest BCUT2D eigenvalue weighted by Crippen LogP contribution is -2.42. The molecular formula is C19H20N2O4. The Labute approximate surface area is 146 Å². The van der Waals surface area contributed by atoms with Crippen LogP contribution in [0.2, 0.25) is 0 Å². The van der Waals surface area contributed by atoms with Crippen LogP contribution in [0.5, 0.6) is 0 Å². The number of carbonyl (C=O) groups excluding carboxylic acids is 3. The minimum absolute atomic E-state index is 0.0846. The Balaban J connectivity index is 2.09. The summed E-state index contributed by atoms with van der Waals surface area (Å²) in [6.45, 7) is 3.81. The molecule has 0 heterocycles. The topological polar surface area (TPSA) is 84.5 Å². The van der Waals surface area contributed by atoms with Crippen molar-refractivity contribution < 1.29 is 19.1 Å². The molecule has 2 aromatic rings. The molecule has 0 radical (unpaired) electrons. The number of Topliss-reactive ketones (excluding diaryl/α,β-unsaturated/α-hetero) is 1. The van der Waals surface area contributed by atoms with E-state index in [0.29, 0.717) is 16.7 Å². The molecule has 25 heavy (non-hydrogen) atoms. The zero-order valence-corrected chi connectivity index (χ0v) is 14.2. The van der Waals surface area contributed by atoms with Gasteiger partial charge in [-0.15, -0.1) is 0 Å². The predicted octanol–water partition coefficient (Wildman–Crippen LogP) is 2.81. The Morgan fingerprint density at radius 1 is 0.960 bits per heavy atom. The van der Waals surface area contributed by atoms with Gasteiger partial charge in [0.05, 0.1) is 6.61 Å². The zero-order valence-electron chi connectivity index (χ0n) is 14.2. The van der Waals surface area contributed by atoms with Crippen LogP contribution in [-0.2, 0) is 11.2 Å². The zero-order chi connectivity index (χ0) is 18.2. The van der Waals surface area contributed by atoms with Crippen LogP contribution >= 0.6 is 0 Å². The van der Waals surface area contributed by atoms with Crippen molar-refractivity contribution in [3.63, 3.8) is 0 Å². The van der Waals surface area contributed by atoms with E-state index < -0.39 is 12.0 Å². The Morgan fingerprint density at radius 2 is 1.64 bits per heavy atom. The van der Waals surface area contributed by atoms with Crippen molar-refractivity contribution in [3.05, 3.63) is 70.8 Å². The number of ether oxygens (including phenoxy) is 1. The molecule has 0 saturated carbocycles. The summed E-state index contributed by atoms with van der Waals surface area (Å²) in [5.74, 6) is -0.598. The van der Waals surface area contributed by atoms with Crippen LogP contribution in [0.1, 0.15) is 38.8 Å². The fraction of sp³-hybridized carbons (Fsp3) is 0.211. The van der Waals surface area contributed by atoms with E-state index in [4.69, 9.17) is 0 Å². The number of amides is 2. The Bertz CT molecular complexity index is 769. The van der Waals surface area contributed by atoms with Gasteiger partial charge in [-0.25, -0.2) is 10.2 Å². The van der Waals surface area contributed by atoms with Gasteiger partial charge in [0.1, 0.15) is 0 Å². The van der Waals surface area contributed by atoms with Gasteiger partial charge in [-0.05, 0) is 25.5 Å². The van der Waals surface area contributed by atoms with E-state index in [0.717, 1.165) is 5.56 Å². The second kappa shape index (κ2) is 8.63. The Kier molecular flexibility index (Phi) is 6.28. The van der Waals surface area contributed by atoms with Gasteiger partial charge in [0.2, 0.25) is 0 Å². The molecule has 0 aliphatic carbocycles. The largest absolute Gasteiger partial charge is 0.449 e. The number of hydrogen-bond acceptors (Lipinski definition) is 4. The Hall–Kier alpha value is -3.15. The lowest BCUT2D eigenvalue weighted by Gasteiger charge is -2.11. The van der Waals surface area contributed by atoms with E-state index in [1.807, 2.05) is 19.1 Å². The third-order valence-corrected chi connectivity index (χ3v) is 3.54. The van der Waals surface area contributed by atoms with Crippen LogP contribution in [0.3, 0.4) is 0 Å². The number of rotatable bonds is 5. The highest BCUT2D eigenvalue weighted by Crippen LogP contribution is 2.13. The van der Waals surface area contributed by atoms with E-state index in [1.165, 1.54) is 0 Å². The van der Waals surface area contributed by atoms with Crippen molar-refractivity contribution in [3.8, 4) is 0 Å².